The SMILES string of the molecule is CC(=O)N1CCC(N(C)Cc2cccc(C(F)(F)F)c2)CC1C. The van der Waals surface area contributed by atoms with E-state index < -0.39 is 11.7 Å². The van der Waals surface area contributed by atoms with E-state index >= 15 is 0 Å². The molecule has 0 N–H and O–H groups in total. The number of carbonyl (C=O) groups excluding carboxylic acids is 1. The number of hydrogen-bond acceptors (Lipinski definition) is 2. The molecule has 23 heavy (non-hydrogen) atoms. The maximum atomic E-state index is 12.8. The molecular weight excluding hydrogens is 305 g/mol. The van der Waals surface area contributed by atoms with E-state index in [1.165, 1.54) is 12.1 Å². The van der Waals surface area contributed by atoms with Gasteiger partial charge in [0.25, 0.3) is 0 Å². The Kier molecular flexibility index (Phi) is 5.34. The Balaban J connectivity index is 2.00. The molecule has 0 saturated carbocycles. The highest BCUT2D eigenvalue weighted by molar-refractivity contribution is 5.73. The van der Waals surface area contributed by atoms with Gasteiger partial charge in [0.1, 0.15) is 0 Å². The van der Waals surface area contributed by atoms with Gasteiger partial charge in [0.2, 0.25) is 5.91 Å². The highest BCUT2D eigenvalue weighted by Crippen LogP contribution is 2.30. The third-order valence-corrected chi connectivity index (χ3v) is 4.56. The highest BCUT2D eigenvalue weighted by Gasteiger charge is 2.31. The van der Waals surface area contributed by atoms with E-state index in [2.05, 4.69) is 4.90 Å². The van der Waals surface area contributed by atoms with Gasteiger partial charge in [0.05, 0.1) is 5.56 Å². The quantitative estimate of drug-likeness (QED) is 0.847. The van der Waals surface area contributed by atoms with Crippen LogP contribution in [-0.2, 0) is 17.5 Å². The van der Waals surface area contributed by atoms with Crippen molar-refractivity contribution in [3.63, 3.8) is 0 Å². The van der Waals surface area contributed by atoms with E-state index in [9.17, 15) is 18.0 Å². The lowest BCUT2D eigenvalue weighted by molar-refractivity contribution is -0.137. The van der Waals surface area contributed by atoms with Gasteiger partial charge in [0.15, 0.2) is 0 Å². The van der Waals surface area contributed by atoms with Crippen molar-refractivity contribution in [1.29, 1.82) is 0 Å². The first-order valence-corrected chi connectivity index (χ1v) is 7.82. The third-order valence-electron chi connectivity index (χ3n) is 4.56. The number of amides is 1. The number of carbonyl (C=O) groups is 1. The van der Waals surface area contributed by atoms with Gasteiger partial charge in [-0.3, -0.25) is 9.69 Å². The molecule has 1 amide bonds. The van der Waals surface area contributed by atoms with Crippen LogP contribution >= 0.6 is 0 Å². The number of halogens is 3. The third kappa shape index (κ3) is 4.47. The van der Waals surface area contributed by atoms with E-state index in [0.717, 1.165) is 18.9 Å². The summed E-state index contributed by atoms with van der Waals surface area (Å²) in [6, 6.07) is 5.92. The Morgan fingerprint density at radius 2 is 2.09 bits per heavy atom. The first-order chi connectivity index (χ1) is 10.7. The standard InChI is InChI=1S/C17H23F3N2O/c1-12-9-16(7-8-22(12)13(2)23)21(3)11-14-5-4-6-15(10-14)17(18,19)20/h4-6,10,12,16H,7-9,11H2,1-3H3. The lowest BCUT2D eigenvalue weighted by Gasteiger charge is -2.40. The van der Waals surface area contributed by atoms with Crippen LogP contribution in [0.25, 0.3) is 0 Å². The molecule has 6 heteroatoms. The average Bonchev–Trinajstić information content (AvgIpc) is 2.46. The number of alkyl halides is 3. The topological polar surface area (TPSA) is 23.6 Å². The molecule has 0 aromatic heterocycles. The maximum Gasteiger partial charge on any atom is 0.416 e. The van der Waals surface area contributed by atoms with Gasteiger partial charge in [0, 0.05) is 32.1 Å². The van der Waals surface area contributed by atoms with E-state index in [-0.39, 0.29) is 18.0 Å². The molecule has 1 aliphatic heterocycles. The molecule has 1 saturated heterocycles. The highest BCUT2D eigenvalue weighted by atomic mass is 19.4. The summed E-state index contributed by atoms with van der Waals surface area (Å²) in [7, 11) is 1.93. The Hall–Kier alpha value is -1.56. The molecule has 128 valence electrons. The lowest BCUT2D eigenvalue weighted by Crippen LogP contribution is -2.49. The van der Waals surface area contributed by atoms with Gasteiger partial charge in [-0.15, -0.1) is 0 Å². The molecule has 0 radical (unpaired) electrons. The number of piperidine rings is 1. The second-order valence-electron chi connectivity index (χ2n) is 6.35. The van der Waals surface area contributed by atoms with Crippen LogP contribution in [0.1, 0.15) is 37.8 Å². The fourth-order valence-corrected chi connectivity index (χ4v) is 3.28. The zero-order chi connectivity index (χ0) is 17.2. The Labute approximate surface area is 135 Å². The van der Waals surface area contributed by atoms with Crippen molar-refractivity contribution in [1.82, 2.24) is 9.80 Å². The summed E-state index contributed by atoms with van der Waals surface area (Å²) in [6.45, 7) is 4.77. The molecule has 1 aromatic carbocycles. The molecule has 2 atom stereocenters. The summed E-state index contributed by atoms with van der Waals surface area (Å²) >= 11 is 0. The first kappa shape index (κ1) is 17.8. The van der Waals surface area contributed by atoms with Crippen molar-refractivity contribution < 1.29 is 18.0 Å². The van der Waals surface area contributed by atoms with Crippen molar-refractivity contribution >= 4 is 5.91 Å². The van der Waals surface area contributed by atoms with E-state index in [0.29, 0.717) is 18.7 Å². The molecule has 1 heterocycles. The fourth-order valence-electron chi connectivity index (χ4n) is 3.28. The smallest absolute Gasteiger partial charge is 0.340 e. The molecule has 2 unspecified atom stereocenters. The molecule has 1 aromatic rings. The van der Waals surface area contributed by atoms with Gasteiger partial charge in [-0.05, 0) is 38.4 Å². The molecule has 1 fully saturated rings. The summed E-state index contributed by atoms with van der Waals surface area (Å²) in [5, 5.41) is 0. The van der Waals surface area contributed by atoms with Crippen LogP contribution in [-0.4, -0.2) is 41.4 Å². The number of benzene rings is 1. The van der Waals surface area contributed by atoms with Crippen molar-refractivity contribution in [3.05, 3.63) is 35.4 Å². The number of hydrogen-bond donors (Lipinski definition) is 0. The van der Waals surface area contributed by atoms with Crippen molar-refractivity contribution in [2.75, 3.05) is 13.6 Å². The summed E-state index contributed by atoms with van der Waals surface area (Å²) < 4.78 is 38.3. The number of nitrogens with zero attached hydrogens (tertiary/aromatic N) is 2. The van der Waals surface area contributed by atoms with Gasteiger partial charge in [-0.2, -0.15) is 13.2 Å². The van der Waals surface area contributed by atoms with E-state index in [4.69, 9.17) is 0 Å². The normalized spacial score (nSPS) is 22.5. The minimum absolute atomic E-state index is 0.0801. The summed E-state index contributed by atoms with van der Waals surface area (Å²) in [6.07, 6.45) is -2.62. The second kappa shape index (κ2) is 6.91. The van der Waals surface area contributed by atoms with E-state index in [1.54, 1.807) is 13.0 Å². The van der Waals surface area contributed by atoms with Crippen LogP contribution in [0.15, 0.2) is 24.3 Å². The molecule has 0 bridgehead atoms. The minimum atomic E-state index is -4.31. The lowest BCUT2D eigenvalue weighted by atomic mass is 9.96. The number of likely N-dealkylation sites (tertiary alicyclic amines) is 1. The first-order valence-electron chi connectivity index (χ1n) is 7.82. The molecular formula is C17H23F3N2O. The molecule has 0 aliphatic carbocycles. The zero-order valence-corrected chi connectivity index (χ0v) is 13.7. The summed E-state index contributed by atoms with van der Waals surface area (Å²) in [5.74, 6) is 0.0801. The van der Waals surface area contributed by atoms with Gasteiger partial charge < -0.3 is 4.90 Å². The van der Waals surface area contributed by atoms with Crippen LogP contribution in [0.4, 0.5) is 13.2 Å². The largest absolute Gasteiger partial charge is 0.416 e. The van der Waals surface area contributed by atoms with Crippen LogP contribution in [0.2, 0.25) is 0 Å². The monoisotopic (exact) mass is 328 g/mol. The zero-order valence-electron chi connectivity index (χ0n) is 13.7. The molecule has 0 spiro atoms. The Morgan fingerprint density at radius 3 is 2.65 bits per heavy atom. The second-order valence-corrected chi connectivity index (χ2v) is 6.35. The molecule has 2 rings (SSSR count). The number of rotatable bonds is 3. The van der Waals surface area contributed by atoms with Crippen LogP contribution in [0.3, 0.4) is 0 Å². The fraction of sp³-hybridized carbons (Fsp3) is 0.588. The van der Waals surface area contributed by atoms with Gasteiger partial charge in [-0.1, -0.05) is 18.2 Å². The average molecular weight is 328 g/mol. The van der Waals surface area contributed by atoms with Crippen LogP contribution < -0.4 is 0 Å². The minimum Gasteiger partial charge on any atom is -0.340 e. The molecule has 1 aliphatic rings. The van der Waals surface area contributed by atoms with Crippen molar-refractivity contribution in [3.8, 4) is 0 Å². The Bertz CT molecular complexity index is 559. The van der Waals surface area contributed by atoms with Crippen LogP contribution in [0.5, 0.6) is 0 Å². The van der Waals surface area contributed by atoms with Crippen molar-refractivity contribution in [2.45, 2.75) is 51.5 Å². The predicted molar refractivity (Wildman–Crippen MR) is 82.8 cm³/mol. The van der Waals surface area contributed by atoms with Gasteiger partial charge in [-0.25, -0.2) is 0 Å². The van der Waals surface area contributed by atoms with Crippen molar-refractivity contribution in [2.24, 2.45) is 0 Å². The van der Waals surface area contributed by atoms with E-state index in [1.807, 2.05) is 18.9 Å². The maximum absolute atomic E-state index is 12.8. The van der Waals surface area contributed by atoms with Crippen LogP contribution in [0, 0.1) is 0 Å². The summed E-state index contributed by atoms with van der Waals surface area (Å²) in [5.41, 5.74) is 0.0483. The molecule has 3 nitrogen and oxygen atoms in total. The predicted octanol–water partition coefficient (Wildman–Crippen LogP) is 3.54. The van der Waals surface area contributed by atoms with Gasteiger partial charge >= 0.3 is 6.18 Å². The summed E-state index contributed by atoms with van der Waals surface area (Å²) in [4.78, 5) is 15.5. The Morgan fingerprint density at radius 1 is 1.39 bits per heavy atom.